The Hall–Kier alpha value is -2.20. The van der Waals surface area contributed by atoms with Crippen LogP contribution in [0.5, 0.6) is 0 Å². The highest BCUT2D eigenvalue weighted by Gasteiger charge is 2.24. The van der Waals surface area contributed by atoms with Gasteiger partial charge in [-0.25, -0.2) is 8.42 Å². The highest BCUT2D eigenvalue weighted by atomic mass is 32.2. The van der Waals surface area contributed by atoms with E-state index < -0.39 is 27.4 Å². The summed E-state index contributed by atoms with van der Waals surface area (Å²) in [5.74, 6) is 0.130. The number of sulfonamides is 1. The molecule has 0 unspecified atom stereocenters. The Morgan fingerprint density at radius 1 is 1.36 bits per heavy atom. The van der Waals surface area contributed by atoms with E-state index >= 15 is 0 Å². The van der Waals surface area contributed by atoms with Gasteiger partial charge < -0.3 is 10.2 Å². The largest absolute Gasteiger partial charge is 0.355 e. The molecule has 156 valence electrons. The second-order valence-electron chi connectivity index (χ2n) is 7.38. The number of anilines is 1. The van der Waals surface area contributed by atoms with Gasteiger partial charge in [-0.1, -0.05) is 6.07 Å². The molecule has 10 heteroatoms. The Kier molecular flexibility index (Phi) is 7.36. The maximum Gasteiger partial charge on any atom is 0.271 e. The Labute approximate surface area is 165 Å². The van der Waals surface area contributed by atoms with Gasteiger partial charge >= 0.3 is 0 Å². The molecular formula is C18H28N4O5S. The van der Waals surface area contributed by atoms with Crippen molar-refractivity contribution in [3.63, 3.8) is 0 Å². The van der Waals surface area contributed by atoms with Crippen LogP contribution in [0, 0.1) is 23.0 Å². The number of nitrogens with zero attached hydrogens (tertiary/aromatic N) is 3. The smallest absolute Gasteiger partial charge is 0.271 e. The molecule has 1 fully saturated rings. The van der Waals surface area contributed by atoms with Crippen molar-refractivity contribution in [3.8, 4) is 0 Å². The number of likely N-dealkylation sites (tertiary alicyclic amines) is 1. The number of non-ortho nitro benzene ring substituents is 1. The van der Waals surface area contributed by atoms with Gasteiger partial charge in [0.1, 0.15) is 6.54 Å². The van der Waals surface area contributed by atoms with Crippen LogP contribution in [0.3, 0.4) is 0 Å². The van der Waals surface area contributed by atoms with Crippen LogP contribution in [0.15, 0.2) is 18.2 Å². The summed E-state index contributed by atoms with van der Waals surface area (Å²) in [6.07, 6.45) is 4.02. The third kappa shape index (κ3) is 6.16. The molecule has 1 saturated heterocycles. The Balaban J connectivity index is 2.02. The van der Waals surface area contributed by atoms with Gasteiger partial charge in [0, 0.05) is 18.7 Å². The standard InChI is InChI=1S/C18H28N4O5S/c1-14-4-5-16(22(24)25)12-17(14)21(28(3,26)27)13-18(23)19-9-6-15-7-10-20(2)11-8-15/h4-5,12,15H,6-11,13H2,1-3H3,(H,19,23). The fourth-order valence-corrected chi connectivity index (χ4v) is 4.22. The van der Waals surface area contributed by atoms with E-state index in [-0.39, 0.29) is 11.4 Å². The number of nitrogens with one attached hydrogen (secondary N) is 1. The lowest BCUT2D eigenvalue weighted by Gasteiger charge is -2.29. The topological polar surface area (TPSA) is 113 Å². The monoisotopic (exact) mass is 412 g/mol. The van der Waals surface area contributed by atoms with Crippen molar-refractivity contribution in [2.75, 3.05) is 43.8 Å². The number of aryl methyl sites for hydroxylation is 1. The molecule has 0 aliphatic carbocycles. The number of hydrogen-bond donors (Lipinski definition) is 1. The first-order valence-corrected chi connectivity index (χ1v) is 11.1. The van der Waals surface area contributed by atoms with Crippen molar-refractivity contribution < 1.29 is 18.1 Å². The molecule has 2 rings (SSSR count). The van der Waals surface area contributed by atoms with Gasteiger partial charge in [0.05, 0.1) is 16.9 Å². The zero-order chi connectivity index (χ0) is 20.9. The number of amides is 1. The molecule has 0 aromatic heterocycles. The maximum atomic E-state index is 12.3. The molecule has 0 atom stereocenters. The summed E-state index contributed by atoms with van der Waals surface area (Å²) < 4.78 is 25.4. The van der Waals surface area contributed by atoms with Crippen molar-refractivity contribution in [2.45, 2.75) is 26.2 Å². The van der Waals surface area contributed by atoms with Gasteiger partial charge in [0.25, 0.3) is 5.69 Å². The van der Waals surface area contributed by atoms with E-state index in [1.165, 1.54) is 18.2 Å². The minimum atomic E-state index is -3.79. The van der Waals surface area contributed by atoms with Crippen LogP contribution in [0.4, 0.5) is 11.4 Å². The highest BCUT2D eigenvalue weighted by molar-refractivity contribution is 7.92. The van der Waals surface area contributed by atoms with E-state index in [1.54, 1.807) is 6.92 Å². The van der Waals surface area contributed by atoms with Crippen molar-refractivity contribution in [3.05, 3.63) is 33.9 Å². The van der Waals surface area contributed by atoms with E-state index in [1.807, 2.05) is 0 Å². The average molecular weight is 413 g/mol. The number of carbonyl (C=O) groups is 1. The molecule has 9 nitrogen and oxygen atoms in total. The van der Waals surface area contributed by atoms with Crippen molar-refractivity contribution >= 4 is 27.3 Å². The lowest BCUT2D eigenvalue weighted by Crippen LogP contribution is -2.41. The lowest BCUT2D eigenvalue weighted by molar-refractivity contribution is -0.384. The molecule has 0 saturated carbocycles. The zero-order valence-corrected chi connectivity index (χ0v) is 17.4. The molecule has 1 aliphatic rings. The van der Waals surface area contributed by atoms with E-state index in [0.717, 1.165) is 42.9 Å². The number of carbonyl (C=O) groups excluding carboxylic acids is 1. The molecule has 1 amide bonds. The van der Waals surface area contributed by atoms with Crippen LogP contribution in [0.2, 0.25) is 0 Å². The minimum absolute atomic E-state index is 0.141. The van der Waals surface area contributed by atoms with Crippen LogP contribution < -0.4 is 9.62 Å². The fraction of sp³-hybridized carbons (Fsp3) is 0.611. The SMILES string of the molecule is Cc1ccc([N+](=O)[O-])cc1N(CC(=O)NCCC1CCN(C)CC1)S(C)(=O)=O. The number of benzene rings is 1. The summed E-state index contributed by atoms with van der Waals surface area (Å²) in [6, 6.07) is 3.97. The van der Waals surface area contributed by atoms with Gasteiger partial charge in [-0.3, -0.25) is 19.2 Å². The Morgan fingerprint density at radius 3 is 2.57 bits per heavy atom. The second-order valence-corrected chi connectivity index (χ2v) is 9.29. The summed E-state index contributed by atoms with van der Waals surface area (Å²) in [4.78, 5) is 25.1. The van der Waals surface area contributed by atoms with Crippen LogP contribution in [-0.2, 0) is 14.8 Å². The zero-order valence-electron chi connectivity index (χ0n) is 16.6. The van der Waals surface area contributed by atoms with Crippen LogP contribution in [-0.4, -0.2) is 63.6 Å². The predicted molar refractivity (Wildman–Crippen MR) is 108 cm³/mol. The molecule has 0 spiro atoms. The number of nitro groups is 1. The molecule has 1 heterocycles. The Morgan fingerprint density at radius 2 is 2.00 bits per heavy atom. The van der Waals surface area contributed by atoms with E-state index in [9.17, 15) is 23.3 Å². The molecule has 28 heavy (non-hydrogen) atoms. The first kappa shape index (κ1) is 22.1. The first-order valence-electron chi connectivity index (χ1n) is 9.26. The third-order valence-corrected chi connectivity index (χ3v) is 6.20. The number of piperidine rings is 1. The van der Waals surface area contributed by atoms with Gasteiger partial charge in [0.2, 0.25) is 15.9 Å². The van der Waals surface area contributed by atoms with Crippen LogP contribution >= 0.6 is 0 Å². The van der Waals surface area contributed by atoms with E-state index in [4.69, 9.17) is 0 Å². The first-order chi connectivity index (χ1) is 13.1. The number of nitro benzene ring substituents is 1. The summed E-state index contributed by atoms with van der Waals surface area (Å²) >= 11 is 0. The van der Waals surface area contributed by atoms with E-state index in [2.05, 4.69) is 17.3 Å². The van der Waals surface area contributed by atoms with Gasteiger partial charge in [-0.05, 0) is 57.8 Å². The molecule has 1 aromatic rings. The minimum Gasteiger partial charge on any atom is -0.355 e. The summed E-state index contributed by atoms with van der Waals surface area (Å²) in [7, 11) is -1.69. The third-order valence-electron chi connectivity index (χ3n) is 5.07. The summed E-state index contributed by atoms with van der Waals surface area (Å²) in [6.45, 7) is 3.82. The van der Waals surface area contributed by atoms with Crippen molar-refractivity contribution in [2.24, 2.45) is 5.92 Å². The van der Waals surface area contributed by atoms with Gasteiger partial charge in [0.15, 0.2) is 0 Å². The molecule has 0 radical (unpaired) electrons. The summed E-state index contributed by atoms with van der Waals surface area (Å²) in [5, 5.41) is 13.8. The summed E-state index contributed by atoms with van der Waals surface area (Å²) in [5.41, 5.74) is 0.453. The van der Waals surface area contributed by atoms with Crippen molar-refractivity contribution in [1.29, 1.82) is 0 Å². The number of hydrogen-bond acceptors (Lipinski definition) is 6. The van der Waals surface area contributed by atoms with Gasteiger partial charge in [-0.2, -0.15) is 0 Å². The normalized spacial score (nSPS) is 16.0. The molecular weight excluding hydrogens is 384 g/mol. The van der Waals surface area contributed by atoms with E-state index in [0.29, 0.717) is 18.0 Å². The number of rotatable bonds is 8. The Bertz CT molecular complexity index is 819. The quantitative estimate of drug-likeness (QED) is 0.512. The molecule has 1 N–H and O–H groups in total. The van der Waals surface area contributed by atoms with Crippen LogP contribution in [0.25, 0.3) is 0 Å². The van der Waals surface area contributed by atoms with Crippen molar-refractivity contribution in [1.82, 2.24) is 10.2 Å². The second kappa shape index (κ2) is 9.33. The van der Waals surface area contributed by atoms with Gasteiger partial charge in [-0.15, -0.1) is 0 Å². The molecule has 1 aliphatic heterocycles. The van der Waals surface area contributed by atoms with Crippen LogP contribution in [0.1, 0.15) is 24.8 Å². The maximum absolute atomic E-state index is 12.3. The predicted octanol–water partition coefficient (Wildman–Crippen LogP) is 1.52. The molecule has 0 bridgehead atoms. The fourth-order valence-electron chi connectivity index (χ4n) is 3.31. The highest BCUT2D eigenvalue weighted by Crippen LogP contribution is 2.27. The average Bonchev–Trinajstić information content (AvgIpc) is 2.61. The lowest BCUT2D eigenvalue weighted by atomic mass is 9.94. The molecule has 1 aromatic carbocycles.